The summed E-state index contributed by atoms with van der Waals surface area (Å²) in [5.74, 6) is 0.843. The summed E-state index contributed by atoms with van der Waals surface area (Å²) >= 11 is 0. The van der Waals surface area contributed by atoms with Crippen molar-refractivity contribution in [1.29, 1.82) is 0 Å². The molecule has 2 fully saturated rings. The Labute approximate surface area is 177 Å². The molecule has 0 spiro atoms. The van der Waals surface area contributed by atoms with E-state index in [1.165, 1.54) is 0 Å². The highest BCUT2D eigenvalue weighted by Crippen LogP contribution is 2.48. The van der Waals surface area contributed by atoms with Crippen molar-refractivity contribution >= 4 is 11.9 Å². The summed E-state index contributed by atoms with van der Waals surface area (Å²) < 4.78 is 5.98. The molecule has 1 saturated carbocycles. The van der Waals surface area contributed by atoms with Gasteiger partial charge in [-0.15, -0.1) is 0 Å². The summed E-state index contributed by atoms with van der Waals surface area (Å²) in [5.41, 5.74) is 5.62. The minimum absolute atomic E-state index is 0.0782. The van der Waals surface area contributed by atoms with Crippen LogP contribution in [0.1, 0.15) is 65.7 Å². The Balaban J connectivity index is 1.65. The van der Waals surface area contributed by atoms with Gasteiger partial charge < -0.3 is 26.0 Å². The van der Waals surface area contributed by atoms with Gasteiger partial charge in [-0.3, -0.25) is 9.79 Å². The Hall–Kier alpha value is -1.34. The maximum Gasteiger partial charge on any atom is 0.220 e. The molecule has 168 valence electrons. The third kappa shape index (κ3) is 6.07. The molecule has 0 radical (unpaired) electrons. The standard InChI is InChI=1S/C22H43N5O2/c1-5-22(6-2)18(16-19(22)29-7-3)26-21(24-4)25-12-8-9-13-27-14-10-17(11-15-27)20(23)28/h17-19H,5-16H2,1-4H3,(H2,23,28)(H2,24,25,26). The molecule has 1 aliphatic heterocycles. The molecule has 2 unspecified atom stereocenters. The molecule has 2 atom stereocenters. The normalized spacial score (nSPS) is 25.4. The molecule has 29 heavy (non-hydrogen) atoms. The highest BCUT2D eigenvalue weighted by Gasteiger charge is 2.53. The van der Waals surface area contributed by atoms with E-state index in [2.05, 4.69) is 41.3 Å². The fourth-order valence-corrected chi connectivity index (χ4v) is 5.05. The zero-order valence-electron chi connectivity index (χ0n) is 19.0. The number of nitrogens with two attached hydrogens (primary N) is 1. The predicted octanol–water partition coefficient (Wildman–Crippen LogP) is 2.11. The first-order chi connectivity index (χ1) is 14.0. The molecule has 0 aromatic rings. The van der Waals surface area contributed by atoms with E-state index in [1.807, 2.05) is 7.05 Å². The van der Waals surface area contributed by atoms with Crippen LogP contribution >= 0.6 is 0 Å². The minimum atomic E-state index is -0.137. The topological polar surface area (TPSA) is 92.0 Å². The second-order valence-electron chi connectivity index (χ2n) is 8.54. The average Bonchev–Trinajstić information content (AvgIpc) is 2.72. The largest absolute Gasteiger partial charge is 0.378 e. The van der Waals surface area contributed by atoms with Gasteiger partial charge in [-0.2, -0.15) is 0 Å². The van der Waals surface area contributed by atoms with Crippen molar-refractivity contribution in [1.82, 2.24) is 15.5 Å². The number of unbranched alkanes of at least 4 members (excludes halogenated alkanes) is 1. The number of nitrogens with one attached hydrogen (secondary N) is 2. The smallest absolute Gasteiger partial charge is 0.220 e. The van der Waals surface area contributed by atoms with Gasteiger partial charge in [0.1, 0.15) is 0 Å². The Kier molecular flexibility index (Phi) is 9.69. The van der Waals surface area contributed by atoms with E-state index in [0.717, 1.165) is 83.7 Å². The maximum atomic E-state index is 11.3. The molecule has 1 heterocycles. The zero-order valence-corrected chi connectivity index (χ0v) is 19.0. The molecule has 0 aromatic carbocycles. The van der Waals surface area contributed by atoms with Crippen LogP contribution < -0.4 is 16.4 Å². The molecule has 0 bridgehead atoms. The number of carbonyl (C=O) groups excluding carboxylic acids is 1. The van der Waals surface area contributed by atoms with Crippen LogP contribution in [0, 0.1) is 11.3 Å². The van der Waals surface area contributed by atoms with Gasteiger partial charge in [0.25, 0.3) is 0 Å². The molecule has 7 heteroatoms. The predicted molar refractivity (Wildman–Crippen MR) is 119 cm³/mol. The average molecular weight is 410 g/mol. The Bertz CT molecular complexity index is 527. The minimum Gasteiger partial charge on any atom is -0.378 e. The molecule has 4 N–H and O–H groups in total. The quantitative estimate of drug-likeness (QED) is 0.276. The fourth-order valence-electron chi connectivity index (χ4n) is 5.05. The number of piperidine rings is 1. The number of nitrogens with zero attached hydrogens (tertiary/aromatic N) is 2. The second-order valence-corrected chi connectivity index (χ2v) is 8.54. The van der Waals surface area contributed by atoms with Gasteiger partial charge in [0.15, 0.2) is 5.96 Å². The number of ether oxygens (including phenoxy) is 1. The molecule has 7 nitrogen and oxygen atoms in total. The van der Waals surface area contributed by atoms with Crippen LogP contribution in [-0.2, 0) is 9.53 Å². The molecule has 1 saturated heterocycles. The van der Waals surface area contributed by atoms with Gasteiger partial charge in [0, 0.05) is 37.6 Å². The number of rotatable bonds is 11. The van der Waals surface area contributed by atoms with Gasteiger partial charge in [-0.05, 0) is 71.5 Å². The Morgan fingerprint density at radius 1 is 1.21 bits per heavy atom. The van der Waals surface area contributed by atoms with Crippen molar-refractivity contribution in [3.63, 3.8) is 0 Å². The first-order valence-corrected chi connectivity index (χ1v) is 11.6. The van der Waals surface area contributed by atoms with Crippen molar-refractivity contribution in [2.24, 2.45) is 22.1 Å². The number of hydrogen-bond donors (Lipinski definition) is 3. The molecule has 1 amide bonds. The van der Waals surface area contributed by atoms with Crippen LogP contribution in [0.25, 0.3) is 0 Å². The number of primary amides is 1. The van der Waals surface area contributed by atoms with Crippen molar-refractivity contribution < 1.29 is 9.53 Å². The number of amides is 1. The fraction of sp³-hybridized carbons (Fsp3) is 0.909. The van der Waals surface area contributed by atoms with Crippen LogP contribution in [0.5, 0.6) is 0 Å². The van der Waals surface area contributed by atoms with Crippen LogP contribution in [-0.4, -0.2) is 68.7 Å². The van der Waals surface area contributed by atoms with Crippen LogP contribution in [0.15, 0.2) is 4.99 Å². The van der Waals surface area contributed by atoms with E-state index in [1.54, 1.807) is 0 Å². The van der Waals surface area contributed by atoms with Crippen LogP contribution in [0.4, 0.5) is 0 Å². The third-order valence-electron chi connectivity index (χ3n) is 7.19. The van der Waals surface area contributed by atoms with Gasteiger partial charge in [-0.1, -0.05) is 13.8 Å². The lowest BCUT2D eigenvalue weighted by Gasteiger charge is -2.55. The summed E-state index contributed by atoms with van der Waals surface area (Å²) in [6.45, 7) is 11.4. The summed E-state index contributed by atoms with van der Waals surface area (Å²) in [6.07, 6.45) is 7.72. The van der Waals surface area contributed by atoms with E-state index in [0.29, 0.717) is 12.1 Å². The van der Waals surface area contributed by atoms with E-state index >= 15 is 0 Å². The Morgan fingerprint density at radius 2 is 1.90 bits per heavy atom. The van der Waals surface area contributed by atoms with Crippen molar-refractivity contribution in [2.75, 3.05) is 39.8 Å². The number of aliphatic imine (C=N–C) groups is 1. The van der Waals surface area contributed by atoms with Gasteiger partial charge >= 0.3 is 0 Å². The summed E-state index contributed by atoms with van der Waals surface area (Å²) in [5, 5.41) is 7.12. The maximum absolute atomic E-state index is 11.3. The summed E-state index contributed by atoms with van der Waals surface area (Å²) in [4.78, 5) is 18.1. The summed E-state index contributed by atoms with van der Waals surface area (Å²) in [6, 6.07) is 0.423. The number of guanidine groups is 1. The molecule has 2 aliphatic rings. The molecular formula is C22H43N5O2. The van der Waals surface area contributed by atoms with Crippen LogP contribution in [0.2, 0.25) is 0 Å². The monoisotopic (exact) mass is 409 g/mol. The lowest BCUT2D eigenvalue weighted by molar-refractivity contribution is -0.133. The van der Waals surface area contributed by atoms with Crippen molar-refractivity contribution in [2.45, 2.75) is 77.9 Å². The van der Waals surface area contributed by atoms with Gasteiger partial charge in [0.05, 0.1) is 6.10 Å². The summed E-state index contributed by atoms with van der Waals surface area (Å²) in [7, 11) is 1.84. The SMILES string of the molecule is CCOC1CC(NC(=NC)NCCCCN2CCC(C(N)=O)CC2)C1(CC)CC. The third-order valence-corrected chi connectivity index (χ3v) is 7.19. The van der Waals surface area contributed by atoms with Crippen molar-refractivity contribution in [3.8, 4) is 0 Å². The molecule has 1 aliphatic carbocycles. The van der Waals surface area contributed by atoms with Crippen molar-refractivity contribution in [3.05, 3.63) is 0 Å². The van der Waals surface area contributed by atoms with E-state index in [4.69, 9.17) is 10.5 Å². The highest BCUT2D eigenvalue weighted by atomic mass is 16.5. The van der Waals surface area contributed by atoms with E-state index in [9.17, 15) is 4.79 Å². The molecular weight excluding hydrogens is 366 g/mol. The highest BCUT2D eigenvalue weighted by molar-refractivity contribution is 5.80. The lowest BCUT2D eigenvalue weighted by atomic mass is 9.58. The van der Waals surface area contributed by atoms with Gasteiger partial charge in [0.2, 0.25) is 5.91 Å². The Morgan fingerprint density at radius 3 is 2.45 bits per heavy atom. The molecule has 0 aromatic heterocycles. The number of carbonyl (C=O) groups is 1. The van der Waals surface area contributed by atoms with E-state index < -0.39 is 0 Å². The van der Waals surface area contributed by atoms with E-state index in [-0.39, 0.29) is 17.2 Å². The number of likely N-dealkylation sites (tertiary alicyclic amines) is 1. The first kappa shape index (κ1) is 23.9. The molecule has 2 rings (SSSR count). The first-order valence-electron chi connectivity index (χ1n) is 11.6. The number of hydrogen-bond acceptors (Lipinski definition) is 4. The second kappa shape index (κ2) is 11.7. The lowest BCUT2D eigenvalue weighted by Crippen LogP contribution is -2.65. The van der Waals surface area contributed by atoms with Gasteiger partial charge in [-0.25, -0.2) is 0 Å². The zero-order chi connectivity index (χ0) is 21.3. The van der Waals surface area contributed by atoms with Crippen LogP contribution in [0.3, 0.4) is 0 Å².